The monoisotopic (exact) mass is 567 g/mol. The predicted molar refractivity (Wildman–Crippen MR) is 141 cm³/mol. The number of carbonyl (C=O) groups excluding carboxylic acids is 4. The molecule has 3 aliphatic rings. The highest BCUT2D eigenvalue weighted by Crippen LogP contribution is 2.49. The first-order valence-corrected chi connectivity index (χ1v) is 13.5. The smallest absolute Gasteiger partial charge is 0.303 e. The number of ketones is 2. The van der Waals surface area contributed by atoms with Crippen LogP contribution in [0.5, 0.6) is 0 Å². The van der Waals surface area contributed by atoms with Crippen molar-refractivity contribution >= 4 is 29.3 Å². The number of aromatic nitrogens is 3. The Balaban J connectivity index is 1.34. The van der Waals surface area contributed by atoms with Gasteiger partial charge in [0.15, 0.2) is 6.29 Å². The van der Waals surface area contributed by atoms with Gasteiger partial charge in [-0.15, -0.1) is 5.10 Å². The highest BCUT2D eigenvalue weighted by atomic mass is 16.7. The van der Waals surface area contributed by atoms with Gasteiger partial charge >= 0.3 is 11.9 Å². The molecule has 41 heavy (non-hydrogen) atoms. The Bertz CT molecular complexity index is 1430. The van der Waals surface area contributed by atoms with Gasteiger partial charge in [0, 0.05) is 36.8 Å². The molecular formula is C29H33N3O9. The van der Waals surface area contributed by atoms with Gasteiger partial charge in [0.1, 0.15) is 41.9 Å². The van der Waals surface area contributed by atoms with E-state index in [0.29, 0.717) is 22.6 Å². The zero-order valence-corrected chi connectivity index (χ0v) is 23.8. The predicted octanol–water partition coefficient (Wildman–Crippen LogP) is 2.81. The average molecular weight is 568 g/mol. The minimum atomic E-state index is -0.893. The van der Waals surface area contributed by atoms with Crippen LogP contribution in [0.4, 0.5) is 0 Å². The molecule has 1 unspecified atom stereocenters. The van der Waals surface area contributed by atoms with Gasteiger partial charge in [-0.2, -0.15) is 0 Å². The van der Waals surface area contributed by atoms with E-state index in [1.807, 2.05) is 27.7 Å². The van der Waals surface area contributed by atoms with Gasteiger partial charge in [0.2, 0.25) is 11.6 Å². The van der Waals surface area contributed by atoms with Crippen LogP contribution in [0.1, 0.15) is 69.2 Å². The standard InChI is InChI=1S/C29H33N3O9/c1-14-15(2)28(40-21(13-37-16(3)33)25(14)39-17(4)34)38-12-18-11-32(31-30-18)27-22-24(36)23(35)19-9-7-8-10-20(19)26(22)41-29(27,5)6/h7-11,14-15,21,25,27-28H,12-13H2,1-6H3/t14-,15-,21-,25+,27?,28-/m0/s1. The lowest BCUT2D eigenvalue weighted by Gasteiger charge is -2.43. The van der Waals surface area contributed by atoms with Crippen molar-refractivity contribution in [1.82, 2.24) is 15.0 Å². The molecule has 0 N–H and O–H groups in total. The first kappa shape index (κ1) is 28.6. The number of ether oxygens (including phenoxy) is 5. The molecule has 0 saturated carbocycles. The number of fused-ring (bicyclic) bond motifs is 2. The lowest BCUT2D eigenvalue weighted by atomic mass is 9.83. The van der Waals surface area contributed by atoms with E-state index in [1.54, 1.807) is 30.5 Å². The van der Waals surface area contributed by atoms with Crippen LogP contribution in [-0.4, -0.2) is 69.2 Å². The second kappa shape index (κ2) is 10.8. The summed E-state index contributed by atoms with van der Waals surface area (Å²) in [4.78, 5) is 49.2. The maximum absolute atomic E-state index is 13.2. The summed E-state index contributed by atoms with van der Waals surface area (Å²) in [7, 11) is 0. The molecule has 1 saturated heterocycles. The number of hydrogen-bond acceptors (Lipinski definition) is 11. The average Bonchev–Trinajstić information content (AvgIpc) is 3.49. The number of esters is 2. The Labute approximate surface area is 236 Å². The first-order valence-electron chi connectivity index (χ1n) is 13.5. The number of nitrogens with zero attached hydrogens (tertiary/aromatic N) is 3. The molecule has 1 fully saturated rings. The van der Waals surface area contributed by atoms with E-state index in [4.69, 9.17) is 23.7 Å². The number of Topliss-reactive ketones (excluding diaryl/α,β-unsaturated/α-hetero) is 2. The second-order valence-corrected chi connectivity index (χ2v) is 11.2. The van der Waals surface area contributed by atoms with Crippen LogP contribution >= 0.6 is 0 Å². The van der Waals surface area contributed by atoms with E-state index in [9.17, 15) is 19.2 Å². The lowest BCUT2D eigenvalue weighted by Crippen LogP contribution is -2.53. The number of rotatable bonds is 7. The van der Waals surface area contributed by atoms with E-state index in [2.05, 4.69) is 10.3 Å². The van der Waals surface area contributed by atoms with Crippen LogP contribution in [-0.2, 0) is 44.7 Å². The van der Waals surface area contributed by atoms with E-state index >= 15 is 0 Å². The fourth-order valence-corrected chi connectivity index (χ4v) is 5.68. The van der Waals surface area contributed by atoms with E-state index in [1.165, 1.54) is 18.5 Å². The molecule has 1 aromatic carbocycles. The van der Waals surface area contributed by atoms with Crippen molar-refractivity contribution in [2.45, 2.75) is 78.3 Å². The Hall–Kier alpha value is -3.90. The minimum Gasteiger partial charge on any atom is -0.484 e. The fourth-order valence-electron chi connectivity index (χ4n) is 5.68. The minimum absolute atomic E-state index is 0.0237. The Morgan fingerprint density at radius 2 is 1.73 bits per heavy atom. The highest BCUT2D eigenvalue weighted by Gasteiger charge is 2.52. The lowest BCUT2D eigenvalue weighted by molar-refractivity contribution is -0.276. The van der Waals surface area contributed by atoms with Gasteiger partial charge in [0.05, 0.1) is 18.4 Å². The summed E-state index contributed by atoms with van der Waals surface area (Å²) in [5.41, 5.74) is 0.722. The molecule has 1 aromatic heterocycles. The molecule has 12 nitrogen and oxygen atoms in total. The van der Waals surface area contributed by atoms with Crippen molar-refractivity contribution in [2.24, 2.45) is 11.8 Å². The van der Waals surface area contributed by atoms with Crippen molar-refractivity contribution in [3.05, 3.63) is 52.9 Å². The second-order valence-electron chi connectivity index (χ2n) is 11.2. The van der Waals surface area contributed by atoms with Gasteiger partial charge in [-0.3, -0.25) is 19.2 Å². The van der Waals surface area contributed by atoms with Crippen LogP contribution in [0.25, 0.3) is 5.76 Å². The molecule has 0 amide bonds. The molecule has 0 bridgehead atoms. The van der Waals surface area contributed by atoms with Crippen molar-refractivity contribution in [3.8, 4) is 0 Å². The first-order chi connectivity index (χ1) is 19.4. The van der Waals surface area contributed by atoms with Gasteiger partial charge in [-0.1, -0.05) is 43.3 Å². The summed E-state index contributed by atoms with van der Waals surface area (Å²) in [5, 5.41) is 8.49. The normalized spacial score (nSPS) is 28.5. The summed E-state index contributed by atoms with van der Waals surface area (Å²) >= 11 is 0. The van der Waals surface area contributed by atoms with Crippen LogP contribution in [0.2, 0.25) is 0 Å². The van der Waals surface area contributed by atoms with Gasteiger partial charge < -0.3 is 23.7 Å². The highest BCUT2D eigenvalue weighted by molar-refractivity contribution is 6.52. The topological polar surface area (TPSA) is 145 Å². The molecule has 3 heterocycles. The van der Waals surface area contributed by atoms with E-state index < -0.39 is 53.6 Å². The van der Waals surface area contributed by atoms with Crippen molar-refractivity contribution in [1.29, 1.82) is 0 Å². The molecule has 5 rings (SSSR count). The molecule has 1 aliphatic carbocycles. The summed E-state index contributed by atoms with van der Waals surface area (Å²) < 4.78 is 30.6. The van der Waals surface area contributed by atoms with Gasteiger partial charge in [0.25, 0.3) is 0 Å². The van der Waals surface area contributed by atoms with Crippen LogP contribution in [0, 0.1) is 11.8 Å². The third kappa shape index (κ3) is 5.29. The van der Waals surface area contributed by atoms with Crippen LogP contribution in [0.3, 0.4) is 0 Å². The number of hydrogen-bond donors (Lipinski definition) is 0. The largest absolute Gasteiger partial charge is 0.484 e. The summed E-state index contributed by atoms with van der Waals surface area (Å²) in [6, 6.07) is 6.20. The Kier molecular flexibility index (Phi) is 7.56. The van der Waals surface area contributed by atoms with Crippen molar-refractivity contribution in [2.75, 3.05) is 6.61 Å². The van der Waals surface area contributed by atoms with Crippen LogP contribution in [0.15, 0.2) is 36.0 Å². The van der Waals surface area contributed by atoms with Crippen LogP contribution < -0.4 is 0 Å². The van der Waals surface area contributed by atoms with Crippen molar-refractivity contribution in [3.63, 3.8) is 0 Å². The van der Waals surface area contributed by atoms with Crippen molar-refractivity contribution < 1.29 is 42.9 Å². The molecule has 0 radical (unpaired) electrons. The molecule has 2 aliphatic heterocycles. The number of benzene rings is 1. The Morgan fingerprint density at radius 3 is 2.41 bits per heavy atom. The quantitative estimate of drug-likeness (QED) is 0.360. The third-order valence-electron chi connectivity index (χ3n) is 7.83. The SMILES string of the molecule is CC(=O)OC[C@@H]1O[C@H](OCc2cn(C3C4=C(OC3(C)C)c3ccccc3C(=O)C4=O)nn2)[C@@H](C)[C@H](C)[C@H]1OC(C)=O. The van der Waals surface area contributed by atoms with E-state index in [0.717, 1.165) is 0 Å². The molecule has 218 valence electrons. The molecular weight excluding hydrogens is 534 g/mol. The molecule has 0 spiro atoms. The number of carbonyl (C=O) groups is 4. The molecule has 12 heteroatoms. The van der Waals surface area contributed by atoms with Gasteiger partial charge in [-0.25, -0.2) is 4.68 Å². The van der Waals surface area contributed by atoms with Gasteiger partial charge in [-0.05, 0) is 13.8 Å². The molecule has 2 aromatic rings. The maximum Gasteiger partial charge on any atom is 0.303 e. The molecule has 6 atom stereocenters. The zero-order valence-electron chi connectivity index (χ0n) is 23.8. The fraction of sp³-hybridized carbons (Fsp3) is 0.517. The Morgan fingerprint density at radius 1 is 1.02 bits per heavy atom. The summed E-state index contributed by atoms with van der Waals surface area (Å²) in [6.07, 6.45) is -0.388. The summed E-state index contributed by atoms with van der Waals surface area (Å²) in [5.74, 6) is -2.09. The van der Waals surface area contributed by atoms with E-state index in [-0.39, 0.29) is 30.6 Å². The third-order valence-corrected chi connectivity index (χ3v) is 7.83. The zero-order chi connectivity index (χ0) is 29.6. The summed E-state index contributed by atoms with van der Waals surface area (Å²) in [6.45, 7) is 10.0. The maximum atomic E-state index is 13.2.